The number of halogens is 2. The second kappa shape index (κ2) is 6.84. The highest BCUT2D eigenvalue weighted by Gasteiger charge is 2.21. The van der Waals surface area contributed by atoms with Crippen LogP contribution in [0.15, 0.2) is 64.4 Å². The molecule has 0 unspecified atom stereocenters. The van der Waals surface area contributed by atoms with Crippen LogP contribution >= 0.6 is 11.8 Å². The van der Waals surface area contributed by atoms with Gasteiger partial charge < -0.3 is 0 Å². The van der Waals surface area contributed by atoms with Crippen molar-refractivity contribution < 1.29 is 17.2 Å². The lowest BCUT2D eigenvalue weighted by atomic mass is 10.1. The summed E-state index contributed by atoms with van der Waals surface area (Å²) in [6.07, 6.45) is -0.776. The number of thioether (sulfide) groups is 1. The van der Waals surface area contributed by atoms with Crippen molar-refractivity contribution in [3.05, 3.63) is 60.3 Å². The van der Waals surface area contributed by atoms with Gasteiger partial charge in [-0.1, -0.05) is 18.2 Å². The van der Waals surface area contributed by atoms with Crippen LogP contribution in [-0.4, -0.2) is 24.5 Å². The van der Waals surface area contributed by atoms with Gasteiger partial charge in [0.25, 0.3) is 6.43 Å². The molecule has 5 nitrogen and oxygen atoms in total. The molecule has 2 N–H and O–H groups in total. The molecule has 4 aromatic rings. The Kier molecular flexibility index (Phi) is 4.60. The number of alkyl halides is 2. The highest BCUT2D eigenvalue weighted by molar-refractivity contribution is 7.98. The monoisotopic (exact) mass is 419 g/mol. The molecule has 0 atom stereocenters. The van der Waals surface area contributed by atoms with Crippen molar-refractivity contribution in [2.75, 3.05) is 6.26 Å². The van der Waals surface area contributed by atoms with Crippen LogP contribution in [0.4, 0.5) is 8.78 Å². The predicted octanol–water partition coefficient (Wildman–Crippen LogP) is 4.49. The molecule has 0 fully saturated rings. The topological polar surface area (TPSA) is 78.0 Å². The Bertz CT molecular complexity index is 1300. The quantitative estimate of drug-likeness (QED) is 0.495. The molecule has 9 heteroatoms. The summed E-state index contributed by atoms with van der Waals surface area (Å²) in [4.78, 5) is 1.00. The van der Waals surface area contributed by atoms with Gasteiger partial charge in [-0.05, 0) is 48.0 Å². The van der Waals surface area contributed by atoms with Crippen LogP contribution in [0.5, 0.6) is 0 Å². The van der Waals surface area contributed by atoms with Crippen LogP contribution in [0.25, 0.3) is 27.4 Å². The molecule has 0 amide bonds. The molecule has 0 bridgehead atoms. The molecule has 0 saturated carbocycles. The molecule has 0 saturated heterocycles. The van der Waals surface area contributed by atoms with E-state index < -0.39 is 16.4 Å². The van der Waals surface area contributed by atoms with Gasteiger partial charge in [0.15, 0.2) is 0 Å². The lowest BCUT2D eigenvalue weighted by Gasteiger charge is -2.08. The van der Waals surface area contributed by atoms with Crippen LogP contribution in [0.2, 0.25) is 0 Å². The summed E-state index contributed by atoms with van der Waals surface area (Å²) in [5, 5.41) is 11.3. The first-order valence-corrected chi connectivity index (χ1v) is 11.0. The van der Waals surface area contributed by atoms with Gasteiger partial charge in [-0.25, -0.2) is 27.0 Å². The second-order valence-corrected chi connectivity index (χ2v) is 8.63. The molecule has 4 rings (SSSR count). The first kappa shape index (κ1) is 18.9. The average molecular weight is 419 g/mol. The summed E-state index contributed by atoms with van der Waals surface area (Å²) in [6.45, 7) is 0. The largest absolute Gasteiger partial charge is 0.282 e. The van der Waals surface area contributed by atoms with E-state index in [-0.39, 0.29) is 10.6 Å². The Morgan fingerprint density at radius 1 is 1.04 bits per heavy atom. The van der Waals surface area contributed by atoms with Gasteiger partial charge in [-0.2, -0.15) is 5.10 Å². The van der Waals surface area contributed by atoms with Crippen LogP contribution in [-0.2, 0) is 10.0 Å². The standard InChI is InChI=1S/C19H15F2N3O2S2/c1-27-13-5-9-15-11(10-13)2-8-16-17(19(20)21)23-24(18(15)16)12-3-6-14(7-4-12)28(22,25)26/h2-10,19H,1H3,(H2,22,25,26). The minimum atomic E-state index is -3.85. The zero-order valence-electron chi connectivity index (χ0n) is 14.6. The third kappa shape index (κ3) is 3.15. The molecule has 0 aliphatic rings. The van der Waals surface area contributed by atoms with Crippen LogP contribution in [0.3, 0.4) is 0 Å². The van der Waals surface area contributed by atoms with Crippen molar-refractivity contribution in [2.45, 2.75) is 16.2 Å². The third-order valence-electron chi connectivity index (χ3n) is 4.51. The smallest absolute Gasteiger partial charge is 0.232 e. The second-order valence-electron chi connectivity index (χ2n) is 6.19. The summed E-state index contributed by atoms with van der Waals surface area (Å²) in [7, 11) is -3.85. The molecular weight excluding hydrogens is 404 g/mol. The van der Waals surface area contributed by atoms with Crippen molar-refractivity contribution in [3.63, 3.8) is 0 Å². The highest BCUT2D eigenvalue weighted by Crippen LogP contribution is 2.35. The Labute approximate surface area is 164 Å². The summed E-state index contributed by atoms with van der Waals surface area (Å²) >= 11 is 1.59. The maximum absolute atomic E-state index is 13.6. The van der Waals surface area contributed by atoms with Crippen molar-refractivity contribution in [3.8, 4) is 5.69 Å². The van der Waals surface area contributed by atoms with Crippen molar-refractivity contribution in [1.29, 1.82) is 0 Å². The zero-order valence-corrected chi connectivity index (χ0v) is 16.3. The van der Waals surface area contributed by atoms with E-state index >= 15 is 0 Å². The van der Waals surface area contributed by atoms with Gasteiger partial charge in [0, 0.05) is 15.7 Å². The van der Waals surface area contributed by atoms with Gasteiger partial charge in [-0.15, -0.1) is 11.8 Å². The van der Waals surface area contributed by atoms with Gasteiger partial charge in [0.1, 0.15) is 5.69 Å². The van der Waals surface area contributed by atoms with E-state index in [0.29, 0.717) is 16.6 Å². The van der Waals surface area contributed by atoms with Gasteiger partial charge in [0.2, 0.25) is 10.0 Å². The van der Waals surface area contributed by atoms with Crippen LogP contribution in [0.1, 0.15) is 12.1 Å². The van der Waals surface area contributed by atoms with E-state index in [1.807, 2.05) is 24.5 Å². The molecule has 0 radical (unpaired) electrons. The number of hydrogen-bond acceptors (Lipinski definition) is 4. The van der Waals surface area contributed by atoms with Gasteiger partial charge in [-0.3, -0.25) is 0 Å². The molecule has 1 aromatic heterocycles. The highest BCUT2D eigenvalue weighted by atomic mass is 32.2. The van der Waals surface area contributed by atoms with Crippen molar-refractivity contribution >= 4 is 43.5 Å². The molecule has 0 aliphatic heterocycles. The molecular formula is C19H15F2N3O2S2. The summed E-state index contributed by atoms with van der Waals surface area (Å²) < 4.78 is 51.6. The Balaban J connectivity index is 2.03. The number of aromatic nitrogens is 2. The third-order valence-corrected chi connectivity index (χ3v) is 6.17. The fraction of sp³-hybridized carbons (Fsp3) is 0.105. The molecule has 0 spiro atoms. The minimum Gasteiger partial charge on any atom is -0.232 e. The van der Waals surface area contributed by atoms with Crippen molar-refractivity contribution in [2.24, 2.45) is 5.14 Å². The molecule has 0 aliphatic carbocycles. The van der Waals surface area contributed by atoms with E-state index in [0.717, 1.165) is 15.7 Å². The maximum Gasteiger partial charge on any atom is 0.282 e. The van der Waals surface area contributed by atoms with Crippen LogP contribution < -0.4 is 5.14 Å². The summed E-state index contributed by atoms with van der Waals surface area (Å²) in [5.41, 5.74) is 0.691. The average Bonchev–Trinajstić information content (AvgIpc) is 3.07. The molecule has 144 valence electrons. The first-order chi connectivity index (χ1) is 13.3. The Morgan fingerprint density at radius 2 is 1.71 bits per heavy atom. The molecule has 28 heavy (non-hydrogen) atoms. The number of nitrogens with two attached hydrogens (primary N) is 1. The minimum absolute atomic E-state index is 0.0590. The van der Waals surface area contributed by atoms with E-state index in [9.17, 15) is 17.2 Å². The SMILES string of the molecule is CSc1ccc2c(ccc3c(C(F)F)nn(-c4ccc(S(N)(=O)=O)cc4)c32)c1. The maximum atomic E-state index is 13.6. The lowest BCUT2D eigenvalue weighted by molar-refractivity contribution is 0.147. The Hall–Kier alpha value is -2.49. The van der Waals surface area contributed by atoms with E-state index in [1.165, 1.54) is 28.9 Å². The van der Waals surface area contributed by atoms with Crippen LogP contribution in [0, 0.1) is 0 Å². The summed E-state index contributed by atoms with van der Waals surface area (Å²) in [6, 6.07) is 14.9. The van der Waals surface area contributed by atoms with E-state index in [4.69, 9.17) is 5.14 Å². The number of rotatable bonds is 4. The predicted molar refractivity (Wildman–Crippen MR) is 107 cm³/mol. The number of primary sulfonamides is 1. The zero-order chi connectivity index (χ0) is 20.1. The van der Waals surface area contributed by atoms with Gasteiger partial charge in [0.05, 0.1) is 16.1 Å². The summed E-state index contributed by atoms with van der Waals surface area (Å²) in [5.74, 6) is 0. The van der Waals surface area contributed by atoms with Gasteiger partial charge >= 0.3 is 0 Å². The Morgan fingerprint density at radius 3 is 2.32 bits per heavy atom. The molecule has 3 aromatic carbocycles. The lowest BCUT2D eigenvalue weighted by Crippen LogP contribution is -2.12. The number of benzene rings is 3. The number of sulfonamides is 1. The van der Waals surface area contributed by atoms with E-state index in [1.54, 1.807) is 23.9 Å². The first-order valence-electron chi connectivity index (χ1n) is 8.20. The van der Waals surface area contributed by atoms with E-state index in [2.05, 4.69) is 5.10 Å². The number of hydrogen-bond donors (Lipinski definition) is 1. The fourth-order valence-electron chi connectivity index (χ4n) is 3.19. The number of fused-ring (bicyclic) bond motifs is 3. The number of nitrogens with zero attached hydrogens (tertiary/aromatic N) is 2. The van der Waals surface area contributed by atoms with Crippen molar-refractivity contribution in [1.82, 2.24) is 9.78 Å². The molecule has 1 heterocycles. The normalized spacial score (nSPS) is 12.3. The fourth-order valence-corrected chi connectivity index (χ4v) is 4.15.